The Balaban J connectivity index is 1.62. The number of sulfonamides is 1. The van der Waals surface area contributed by atoms with Crippen LogP contribution in [-0.2, 0) is 14.8 Å². The predicted molar refractivity (Wildman–Crippen MR) is 92.7 cm³/mol. The van der Waals surface area contributed by atoms with Crippen LogP contribution in [-0.4, -0.2) is 57.4 Å². The van der Waals surface area contributed by atoms with Crippen molar-refractivity contribution in [2.45, 2.75) is 25.9 Å². The smallest absolute Gasteiger partial charge is 0.216 e. The third-order valence-electron chi connectivity index (χ3n) is 4.56. The molecule has 2 heterocycles. The number of rotatable bonds is 4. The molecule has 23 heavy (non-hydrogen) atoms. The summed E-state index contributed by atoms with van der Waals surface area (Å²) < 4.78 is 32.1. The van der Waals surface area contributed by atoms with Gasteiger partial charge >= 0.3 is 0 Å². The van der Waals surface area contributed by atoms with Gasteiger partial charge in [-0.05, 0) is 37.5 Å². The minimum absolute atomic E-state index is 0.114. The van der Waals surface area contributed by atoms with E-state index in [4.69, 9.17) is 16.3 Å². The molecule has 2 saturated heterocycles. The molecule has 1 unspecified atom stereocenters. The lowest BCUT2D eigenvalue weighted by Gasteiger charge is -2.36. The molecule has 3 rings (SSSR count). The molecule has 7 heteroatoms. The summed E-state index contributed by atoms with van der Waals surface area (Å²) in [5, 5.41) is 0.707. The molecule has 1 aromatic rings. The van der Waals surface area contributed by atoms with E-state index in [0.29, 0.717) is 37.8 Å². The summed E-state index contributed by atoms with van der Waals surface area (Å²) in [5.74, 6) is 0.114. The van der Waals surface area contributed by atoms with E-state index < -0.39 is 10.0 Å². The molecule has 0 radical (unpaired) electrons. The van der Waals surface area contributed by atoms with Crippen molar-refractivity contribution in [3.05, 3.63) is 28.8 Å². The van der Waals surface area contributed by atoms with Crippen LogP contribution in [0.5, 0.6) is 0 Å². The molecular weight excluding hydrogens is 336 g/mol. The highest BCUT2D eigenvalue weighted by Gasteiger charge is 2.31. The normalized spacial score (nSPS) is 23.4. The lowest BCUT2D eigenvalue weighted by atomic mass is 10.1. The topological polar surface area (TPSA) is 49.9 Å². The first-order valence-corrected chi connectivity index (χ1v) is 10.0. The second-order valence-electron chi connectivity index (χ2n) is 6.23. The molecule has 1 atom stereocenters. The molecule has 128 valence electrons. The molecule has 2 aliphatic heterocycles. The summed E-state index contributed by atoms with van der Waals surface area (Å²) in [6.07, 6.45) is 1.68. The molecule has 1 aromatic carbocycles. The van der Waals surface area contributed by atoms with E-state index in [9.17, 15) is 8.42 Å². The number of hydrogen-bond donors (Lipinski definition) is 0. The molecular formula is C16H23ClN2O3S. The highest BCUT2D eigenvalue weighted by molar-refractivity contribution is 7.89. The Kier molecular flexibility index (Phi) is 5.16. The minimum Gasteiger partial charge on any atom is -0.377 e. The maximum absolute atomic E-state index is 12.5. The van der Waals surface area contributed by atoms with Crippen LogP contribution < -0.4 is 4.90 Å². The maximum atomic E-state index is 12.5. The van der Waals surface area contributed by atoms with Gasteiger partial charge in [0, 0.05) is 43.5 Å². The summed E-state index contributed by atoms with van der Waals surface area (Å²) in [6.45, 7) is 5.13. The first-order valence-electron chi connectivity index (χ1n) is 8.06. The molecule has 2 aliphatic rings. The van der Waals surface area contributed by atoms with E-state index >= 15 is 0 Å². The number of hydrogen-bond acceptors (Lipinski definition) is 4. The van der Waals surface area contributed by atoms with Crippen molar-refractivity contribution in [1.29, 1.82) is 0 Å². The van der Waals surface area contributed by atoms with E-state index in [1.165, 1.54) is 0 Å². The summed E-state index contributed by atoms with van der Waals surface area (Å²) in [5.41, 5.74) is 2.25. The van der Waals surface area contributed by atoms with Gasteiger partial charge in [-0.15, -0.1) is 0 Å². The summed E-state index contributed by atoms with van der Waals surface area (Å²) in [6, 6.07) is 5.83. The van der Waals surface area contributed by atoms with Gasteiger partial charge < -0.3 is 9.64 Å². The monoisotopic (exact) mass is 358 g/mol. The molecule has 0 aromatic heterocycles. The Morgan fingerprint density at radius 3 is 2.65 bits per heavy atom. The first-order chi connectivity index (χ1) is 11.0. The number of halogens is 1. The lowest BCUT2D eigenvalue weighted by molar-refractivity contribution is 0.126. The fraction of sp³-hybridized carbons (Fsp3) is 0.625. The average molecular weight is 359 g/mol. The summed E-state index contributed by atoms with van der Waals surface area (Å²) >= 11 is 6.09. The highest BCUT2D eigenvalue weighted by atomic mass is 35.5. The van der Waals surface area contributed by atoms with Crippen LogP contribution in [0.1, 0.15) is 18.4 Å². The second-order valence-corrected chi connectivity index (χ2v) is 8.68. The van der Waals surface area contributed by atoms with Crippen molar-refractivity contribution >= 4 is 27.3 Å². The van der Waals surface area contributed by atoms with Gasteiger partial charge in [-0.25, -0.2) is 8.42 Å². The van der Waals surface area contributed by atoms with E-state index in [1.54, 1.807) is 4.31 Å². The minimum atomic E-state index is -3.24. The van der Waals surface area contributed by atoms with E-state index in [1.807, 2.05) is 25.1 Å². The Morgan fingerprint density at radius 2 is 2.00 bits per heavy atom. The fourth-order valence-corrected chi connectivity index (χ4v) is 5.08. The Labute approximate surface area is 143 Å². The first kappa shape index (κ1) is 17.0. The fourth-order valence-electron chi connectivity index (χ4n) is 3.25. The van der Waals surface area contributed by atoms with Crippen molar-refractivity contribution in [2.24, 2.45) is 0 Å². The SMILES string of the molecule is Cc1ccc(Cl)cc1N1CCN(S(=O)(=O)CC2CCCO2)CC1. The van der Waals surface area contributed by atoms with Gasteiger partial charge in [-0.2, -0.15) is 4.31 Å². The van der Waals surface area contributed by atoms with Gasteiger partial charge in [0.2, 0.25) is 10.0 Å². The number of piperazine rings is 1. The predicted octanol–water partition coefficient (Wildman–Crippen LogP) is 2.28. The van der Waals surface area contributed by atoms with Crippen LogP contribution in [0.2, 0.25) is 5.02 Å². The number of nitrogens with zero attached hydrogens (tertiary/aromatic N) is 2. The summed E-state index contributed by atoms with van der Waals surface area (Å²) in [4.78, 5) is 2.21. The zero-order valence-electron chi connectivity index (χ0n) is 13.4. The lowest BCUT2D eigenvalue weighted by Crippen LogP contribution is -2.50. The zero-order valence-corrected chi connectivity index (χ0v) is 14.9. The van der Waals surface area contributed by atoms with E-state index in [0.717, 1.165) is 24.1 Å². The molecule has 5 nitrogen and oxygen atoms in total. The average Bonchev–Trinajstić information content (AvgIpc) is 3.02. The van der Waals surface area contributed by atoms with Gasteiger partial charge in [0.1, 0.15) is 0 Å². The van der Waals surface area contributed by atoms with Crippen molar-refractivity contribution in [2.75, 3.05) is 43.4 Å². The molecule has 0 saturated carbocycles. The molecule has 0 N–H and O–H groups in total. The van der Waals surface area contributed by atoms with Crippen molar-refractivity contribution in [1.82, 2.24) is 4.31 Å². The van der Waals surface area contributed by atoms with Gasteiger partial charge in [0.25, 0.3) is 0 Å². The molecule has 0 bridgehead atoms. The standard InChI is InChI=1S/C16H23ClN2O3S/c1-13-4-5-14(17)11-16(13)18-6-8-19(9-7-18)23(20,21)12-15-3-2-10-22-15/h4-5,11,15H,2-3,6-10,12H2,1H3. The second kappa shape index (κ2) is 6.97. The zero-order chi connectivity index (χ0) is 16.4. The Bertz CT molecular complexity index is 651. The van der Waals surface area contributed by atoms with Gasteiger partial charge in [0.15, 0.2) is 0 Å². The van der Waals surface area contributed by atoms with Crippen LogP contribution >= 0.6 is 11.6 Å². The van der Waals surface area contributed by atoms with Gasteiger partial charge in [-0.3, -0.25) is 0 Å². The Morgan fingerprint density at radius 1 is 1.26 bits per heavy atom. The molecule has 0 spiro atoms. The van der Waals surface area contributed by atoms with Crippen LogP contribution in [0, 0.1) is 6.92 Å². The molecule has 0 aliphatic carbocycles. The van der Waals surface area contributed by atoms with E-state index in [-0.39, 0.29) is 11.9 Å². The van der Waals surface area contributed by atoms with Gasteiger partial charge in [-0.1, -0.05) is 17.7 Å². The van der Waals surface area contributed by atoms with Crippen molar-refractivity contribution in [3.63, 3.8) is 0 Å². The quantitative estimate of drug-likeness (QED) is 0.828. The van der Waals surface area contributed by atoms with Crippen LogP contribution in [0.3, 0.4) is 0 Å². The van der Waals surface area contributed by atoms with E-state index in [2.05, 4.69) is 4.90 Å². The number of aryl methyl sites for hydroxylation is 1. The Hall–Kier alpha value is -0.820. The maximum Gasteiger partial charge on any atom is 0.216 e. The van der Waals surface area contributed by atoms with Gasteiger partial charge in [0.05, 0.1) is 11.9 Å². The number of ether oxygens (including phenoxy) is 1. The van der Waals surface area contributed by atoms with Crippen molar-refractivity contribution < 1.29 is 13.2 Å². The van der Waals surface area contributed by atoms with Crippen LogP contribution in [0.4, 0.5) is 5.69 Å². The third kappa shape index (κ3) is 3.99. The number of anilines is 1. The van der Waals surface area contributed by atoms with Crippen molar-refractivity contribution in [3.8, 4) is 0 Å². The largest absolute Gasteiger partial charge is 0.377 e. The molecule has 0 amide bonds. The molecule has 2 fully saturated rings. The van der Waals surface area contributed by atoms with Crippen LogP contribution in [0.25, 0.3) is 0 Å². The third-order valence-corrected chi connectivity index (χ3v) is 6.74. The summed E-state index contributed by atoms with van der Waals surface area (Å²) in [7, 11) is -3.24. The number of benzene rings is 1. The van der Waals surface area contributed by atoms with Crippen LogP contribution in [0.15, 0.2) is 18.2 Å². The highest BCUT2D eigenvalue weighted by Crippen LogP contribution is 2.26.